The number of rotatable bonds is 0. The fraction of sp³-hybridized carbons (Fsp3) is 0.571. The zero-order chi connectivity index (χ0) is 24.6. The number of ether oxygens (including phenoxy) is 4. The van der Waals surface area contributed by atoms with E-state index in [0.29, 0.717) is 52.7 Å². The third kappa shape index (κ3) is 7.81. The molecule has 0 atom stereocenters. The topological polar surface area (TPSA) is 61.0 Å². The molecule has 0 fully saturated rings. The molecule has 2 N–H and O–H groups in total. The van der Waals surface area contributed by atoms with Crippen LogP contribution >= 0.6 is 0 Å². The first-order valence-corrected chi connectivity index (χ1v) is 12.3. The molecule has 2 aromatic carbocycles. The highest BCUT2D eigenvalue weighted by Crippen LogP contribution is 2.33. The Morgan fingerprint density at radius 3 is 1.38 bits per heavy atom. The number of fused-ring (bicyclic) bond motifs is 2. The lowest BCUT2D eigenvalue weighted by molar-refractivity contribution is 0.0767. The molecule has 188 valence electrons. The molecule has 6 heteroatoms. The molecule has 1 heterocycles. The van der Waals surface area contributed by atoms with Gasteiger partial charge in [-0.05, 0) is 46.2 Å². The van der Waals surface area contributed by atoms with Crippen LogP contribution in [-0.4, -0.2) is 52.7 Å². The maximum atomic E-state index is 6.02. The van der Waals surface area contributed by atoms with E-state index in [4.69, 9.17) is 18.9 Å². The van der Waals surface area contributed by atoms with Crippen molar-refractivity contribution in [2.75, 3.05) is 63.4 Å². The Morgan fingerprint density at radius 1 is 0.559 bits per heavy atom. The number of anilines is 2. The fourth-order valence-electron chi connectivity index (χ4n) is 3.66. The predicted octanol–water partition coefficient (Wildman–Crippen LogP) is 5.61. The molecule has 0 unspecified atom stereocenters. The average Bonchev–Trinajstić information content (AvgIpc) is 2.77. The van der Waals surface area contributed by atoms with Crippen molar-refractivity contribution < 1.29 is 18.9 Å². The average molecular weight is 471 g/mol. The van der Waals surface area contributed by atoms with Gasteiger partial charge in [-0.15, -0.1) is 0 Å². The van der Waals surface area contributed by atoms with E-state index in [9.17, 15) is 0 Å². The van der Waals surface area contributed by atoms with Crippen LogP contribution in [0.1, 0.15) is 52.7 Å². The van der Waals surface area contributed by atoms with Gasteiger partial charge in [0.05, 0.1) is 37.8 Å². The summed E-state index contributed by atoms with van der Waals surface area (Å²) in [7, 11) is 0. The van der Waals surface area contributed by atoms with E-state index in [1.807, 2.05) is 12.1 Å². The van der Waals surface area contributed by atoms with Gasteiger partial charge in [0.15, 0.2) is 0 Å². The van der Waals surface area contributed by atoms with E-state index in [-0.39, 0.29) is 10.8 Å². The van der Waals surface area contributed by atoms with Crippen molar-refractivity contribution in [1.82, 2.24) is 0 Å². The third-order valence-electron chi connectivity index (χ3n) is 5.79. The minimum absolute atomic E-state index is 0.0666. The molecule has 3 rings (SSSR count). The molecule has 34 heavy (non-hydrogen) atoms. The molecule has 0 saturated carbocycles. The van der Waals surface area contributed by atoms with Crippen LogP contribution in [0.4, 0.5) is 11.4 Å². The molecule has 2 aromatic rings. The Hall–Kier alpha value is -2.44. The number of hydrogen-bond acceptors (Lipinski definition) is 6. The quantitative estimate of drug-likeness (QED) is 0.522. The van der Waals surface area contributed by atoms with Gasteiger partial charge in [-0.2, -0.15) is 0 Å². The van der Waals surface area contributed by atoms with Gasteiger partial charge in [0.25, 0.3) is 0 Å². The van der Waals surface area contributed by atoms with Crippen molar-refractivity contribution in [3.8, 4) is 11.5 Å². The third-order valence-corrected chi connectivity index (χ3v) is 5.79. The smallest absolute Gasteiger partial charge is 0.142 e. The predicted molar refractivity (Wildman–Crippen MR) is 140 cm³/mol. The highest BCUT2D eigenvalue weighted by atomic mass is 16.5. The van der Waals surface area contributed by atoms with Crippen LogP contribution in [0.25, 0.3) is 0 Å². The van der Waals surface area contributed by atoms with E-state index in [1.165, 1.54) is 11.1 Å². The van der Waals surface area contributed by atoms with Crippen LogP contribution < -0.4 is 20.1 Å². The van der Waals surface area contributed by atoms with Gasteiger partial charge < -0.3 is 29.6 Å². The van der Waals surface area contributed by atoms with Gasteiger partial charge in [0.1, 0.15) is 24.7 Å². The standard InChI is InChI=1S/C28H42N2O4/c1-27(2,3)21-7-9-25-23(19-21)29-11-13-31-14-12-30-24-20-22(28(4,5)6)8-10-26(24)34-18-16-32-15-17-33-25/h7-10,19-20,29-30H,11-18H2,1-6H3. The lowest BCUT2D eigenvalue weighted by atomic mass is 9.87. The summed E-state index contributed by atoms with van der Waals surface area (Å²) in [5, 5.41) is 6.98. The van der Waals surface area contributed by atoms with Gasteiger partial charge in [0, 0.05) is 13.1 Å². The zero-order valence-electron chi connectivity index (χ0n) is 21.8. The van der Waals surface area contributed by atoms with Crippen molar-refractivity contribution >= 4 is 11.4 Å². The Kier molecular flexibility index (Phi) is 9.09. The van der Waals surface area contributed by atoms with Crippen molar-refractivity contribution in [3.05, 3.63) is 47.5 Å². The maximum absolute atomic E-state index is 6.02. The Labute approximate surface area is 205 Å². The summed E-state index contributed by atoms with van der Waals surface area (Å²) in [6.45, 7) is 17.9. The van der Waals surface area contributed by atoms with Crippen LogP contribution in [0.15, 0.2) is 36.4 Å². The van der Waals surface area contributed by atoms with E-state index >= 15 is 0 Å². The first kappa shape index (κ1) is 26.2. The summed E-state index contributed by atoms with van der Waals surface area (Å²) >= 11 is 0. The highest BCUT2D eigenvalue weighted by molar-refractivity contribution is 5.60. The molecule has 1 aliphatic rings. The monoisotopic (exact) mass is 470 g/mol. The molecule has 0 radical (unpaired) electrons. The summed E-state index contributed by atoms with van der Waals surface area (Å²) < 4.78 is 23.7. The Bertz CT molecular complexity index is 842. The second kappa shape index (κ2) is 11.8. The second-order valence-electron chi connectivity index (χ2n) is 10.7. The molecule has 0 aliphatic carbocycles. The molecule has 0 spiro atoms. The van der Waals surface area contributed by atoms with Gasteiger partial charge in [-0.25, -0.2) is 0 Å². The second-order valence-corrected chi connectivity index (χ2v) is 10.7. The maximum Gasteiger partial charge on any atom is 0.142 e. The fourth-order valence-corrected chi connectivity index (χ4v) is 3.66. The van der Waals surface area contributed by atoms with Crippen LogP contribution in [0.5, 0.6) is 11.5 Å². The van der Waals surface area contributed by atoms with Gasteiger partial charge in [-0.3, -0.25) is 0 Å². The van der Waals surface area contributed by atoms with E-state index in [1.54, 1.807) is 0 Å². The Morgan fingerprint density at radius 2 is 0.971 bits per heavy atom. The van der Waals surface area contributed by atoms with Crippen LogP contribution in [0, 0.1) is 0 Å². The molecule has 0 saturated heterocycles. The summed E-state index contributed by atoms with van der Waals surface area (Å²) in [6, 6.07) is 12.7. The van der Waals surface area contributed by atoms with Gasteiger partial charge in [-0.1, -0.05) is 53.7 Å². The summed E-state index contributed by atoms with van der Waals surface area (Å²) in [4.78, 5) is 0. The van der Waals surface area contributed by atoms with Crippen LogP contribution in [0.3, 0.4) is 0 Å². The first-order valence-electron chi connectivity index (χ1n) is 12.3. The SMILES string of the molecule is CC(C)(C)c1ccc2c(c1)NCCOCCNc1cc(C(C)(C)C)ccc1OCCOCCO2. The minimum Gasteiger partial charge on any atom is -0.489 e. The normalized spacial score (nSPS) is 16.9. The summed E-state index contributed by atoms with van der Waals surface area (Å²) in [5.74, 6) is 1.67. The van der Waals surface area contributed by atoms with Crippen molar-refractivity contribution in [1.29, 1.82) is 0 Å². The lowest BCUT2D eigenvalue weighted by Crippen LogP contribution is -2.18. The molecule has 0 bridgehead atoms. The molecule has 1 aliphatic heterocycles. The number of benzene rings is 2. The lowest BCUT2D eigenvalue weighted by Gasteiger charge is -2.23. The minimum atomic E-state index is 0.0666. The number of nitrogens with one attached hydrogen (secondary N) is 2. The van der Waals surface area contributed by atoms with Crippen LogP contribution in [0.2, 0.25) is 0 Å². The van der Waals surface area contributed by atoms with E-state index < -0.39 is 0 Å². The molecular formula is C28H42N2O4. The largest absolute Gasteiger partial charge is 0.489 e. The van der Waals surface area contributed by atoms with E-state index in [0.717, 1.165) is 22.9 Å². The van der Waals surface area contributed by atoms with Crippen molar-refractivity contribution in [2.45, 2.75) is 52.4 Å². The Balaban J connectivity index is 1.66. The zero-order valence-corrected chi connectivity index (χ0v) is 21.8. The van der Waals surface area contributed by atoms with E-state index in [2.05, 4.69) is 76.4 Å². The van der Waals surface area contributed by atoms with Crippen molar-refractivity contribution in [2.24, 2.45) is 0 Å². The summed E-state index contributed by atoms with van der Waals surface area (Å²) in [5.41, 5.74) is 4.63. The highest BCUT2D eigenvalue weighted by Gasteiger charge is 2.17. The molecule has 6 nitrogen and oxygen atoms in total. The van der Waals surface area contributed by atoms with Gasteiger partial charge in [0.2, 0.25) is 0 Å². The molecular weight excluding hydrogens is 428 g/mol. The van der Waals surface area contributed by atoms with Gasteiger partial charge >= 0.3 is 0 Å². The first-order chi connectivity index (χ1) is 16.1. The summed E-state index contributed by atoms with van der Waals surface area (Å²) in [6.07, 6.45) is 0. The van der Waals surface area contributed by atoms with Crippen molar-refractivity contribution in [3.63, 3.8) is 0 Å². The molecule has 0 aromatic heterocycles. The number of hydrogen-bond donors (Lipinski definition) is 2. The molecule has 0 amide bonds. The van der Waals surface area contributed by atoms with Crippen LogP contribution in [-0.2, 0) is 20.3 Å².